The van der Waals surface area contributed by atoms with E-state index in [9.17, 15) is 9.59 Å². The molecule has 130 valence electrons. The molecule has 0 aliphatic carbocycles. The first kappa shape index (κ1) is 17.6. The summed E-state index contributed by atoms with van der Waals surface area (Å²) in [7, 11) is 1.62. The highest BCUT2D eigenvalue weighted by Gasteiger charge is 2.14. The molecule has 0 fully saturated rings. The fourth-order valence-electron chi connectivity index (χ4n) is 2.01. The van der Waals surface area contributed by atoms with E-state index in [4.69, 9.17) is 4.74 Å². The highest BCUT2D eigenvalue weighted by Crippen LogP contribution is 2.17. The lowest BCUT2D eigenvalue weighted by molar-refractivity contribution is -0.154. The predicted molar refractivity (Wildman–Crippen MR) is 85.3 cm³/mol. The summed E-state index contributed by atoms with van der Waals surface area (Å²) in [6, 6.07) is 0. The minimum Gasteiger partial charge on any atom is -0.459 e. The van der Waals surface area contributed by atoms with Gasteiger partial charge in [-0.15, -0.1) is 0 Å². The summed E-state index contributed by atoms with van der Waals surface area (Å²) in [5.74, 6) is -1.00. The van der Waals surface area contributed by atoms with Gasteiger partial charge in [0.15, 0.2) is 5.65 Å². The molecule has 10 heteroatoms. The van der Waals surface area contributed by atoms with Crippen molar-refractivity contribution in [2.45, 2.75) is 13.5 Å². The number of carbonyl (C=O) groups is 2. The highest BCUT2D eigenvalue weighted by molar-refractivity contribution is 6.32. The molecule has 0 aromatic carbocycles. The normalized spacial score (nSPS) is 10.6. The molecule has 0 atom stereocenters. The molecule has 0 saturated heterocycles. The number of hydrogen-bond donors (Lipinski definition) is 2. The third kappa shape index (κ3) is 4.38. The van der Waals surface area contributed by atoms with Crippen LogP contribution in [0, 0.1) is 0 Å². The number of rotatable bonds is 8. The minimum atomic E-state index is -0.894. The van der Waals surface area contributed by atoms with Crippen LogP contribution in [0.4, 0.5) is 5.82 Å². The van der Waals surface area contributed by atoms with Crippen LogP contribution in [0.15, 0.2) is 12.5 Å². The highest BCUT2D eigenvalue weighted by atomic mass is 16.5. The van der Waals surface area contributed by atoms with Crippen molar-refractivity contribution in [3.63, 3.8) is 0 Å². The van der Waals surface area contributed by atoms with E-state index in [-0.39, 0.29) is 13.2 Å². The lowest BCUT2D eigenvalue weighted by Crippen LogP contribution is -2.34. The number of amides is 1. The molecule has 2 N–H and O–H groups in total. The van der Waals surface area contributed by atoms with Gasteiger partial charge < -0.3 is 20.1 Å². The van der Waals surface area contributed by atoms with Gasteiger partial charge in [0.05, 0.1) is 31.3 Å². The molecule has 0 aliphatic heterocycles. The minimum absolute atomic E-state index is 0.159. The van der Waals surface area contributed by atoms with Crippen LogP contribution in [0.25, 0.3) is 11.0 Å². The Morgan fingerprint density at radius 1 is 1.29 bits per heavy atom. The van der Waals surface area contributed by atoms with Crippen molar-refractivity contribution < 1.29 is 19.1 Å². The van der Waals surface area contributed by atoms with Crippen molar-refractivity contribution in [3.8, 4) is 0 Å². The zero-order valence-electron chi connectivity index (χ0n) is 13.6. The molecule has 0 spiro atoms. The Balaban J connectivity index is 1.97. The molecular formula is C14H20N6O4. The molecule has 24 heavy (non-hydrogen) atoms. The van der Waals surface area contributed by atoms with Gasteiger partial charge >= 0.3 is 11.9 Å². The lowest BCUT2D eigenvalue weighted by atomic mass is 10.4. The van der Waals surface area contributed by atoms with E-state index in [1.807, 2.05) is 0 Å². The van der Waals surface area contributed by atoms with Crippen LogP contribution in [-0.4, -0.2) is 65.0 Å². The lowest BCUT2D eigenvalue weighted by Gasteiger charge is -2.07. The largest absolute Gasteiger partial charge is 0.459 e. The van der Waals surface area contributed by atoms with Crippen molar-refractivity contribution in [1.82, 2.24) is 25.1 Å². The van der Waals surface area contributed by atoms with Gasteiger partial charge in [0.2, 0.25) is 0 Å². The Labute approximate surface area is 138 Å². The second-order valence-corrected chi connectivity index (χ2v) is 4.72. The number of anilines is 1. The zero-order valence-corrected chi connectivity index (χ0v) is 13.6. The number of fused-ring (bicyclic) bond motifs is 1. The Morgan fingerprint density at radius 3 is 2.88 bits per heavy atom. The number of esters is 1. The van der Waals surface area contributed by atoms with Crippen LogP contribution in [-0.2, 0) is 25.6 Å². The van der Waals surface area contributed by atoms with E-state index < -0.39 is 11.9 Å². The van der Waals surface area contributed by atoms with Crippen molar-refractivity contribution in [2.24, 2.45) is 0 Å². The summed E-state index contributed by atoms with van der Waals surface area (Å²) in [4.78, 5) is 31.1. The topological polar surface area (TPSA) is 120 Å². The van der Waals surface area contributed by atoms with Crippen molar-refractivity contribution in [1.29, 1.82) is 0 Å². The Hall–Kier alpha value is -2.75. The number of carbonyl (C=O) groups excluding carboxylic acids is 2. The molecule has 2 aromatic heterocycles. The number of aromatic nitrogens is 4. The molecule has 2 aromatic rings. The van der Waals surface area contributed by atoms with Crippen molar-refractivity contribution in [2.75, 3.05) is 38.7 Å². The summed E-state index contributed by atoms with van der Waals surface area (Å²) in [5.41, 5.74) is 0.635. The SMILES string of the molecule is CCOC(=O)C(=O)NCCn1ncc2c(NCCOC)ncnc21. The summed E-state index contributed by atoms with van der Waals surface area (Å²) in [6.07, 6.45) is 3.09. The number of methoxy groups -OCH3 is 1. The molecule has 0 saturated carbocycles. The Bertz CT molecular complexity index is 702. The molecule has 0 bridgehead atoms. The Morgan fingerprint density at radius 2 is 2.12 bits per heavy atom. The number of ether oxygens (including phenoxy) is 2. The molecule has 10 nitrogen and oxygen atoms in total. The monoisotopic (exact) mass is 336 g/mol. The first-order valence-corrected chi connectivity index (χ1v) is 7.51. The van der Waals surface area contributed by atoms with E-state index in [0.29, 0.717) is 31.2 Å². The van der Waals surface area contributed by atoms with Crippen LogP contribution < -0.4 is 10.6 Å². The average molecular weight is 336 g/mol. The molecule has 0 radical (unpaired) electrons. The smallest absolute Gasteiger partial charge is 0.396 e. The summed E-state index contributed by atoms with van der Waals surface area (Å²) in [5, 5.41) is 10.6. The van der Waals surface area contributed by atoms with Crippen LogP contribution >= 0.6 is 0 Å². The first-order chi connectivity index (χ1) is 11.7. The summed E-state index contributed by atoms with van der Waals surface area (Å²) >= 11 is 0. The van der Waals surface area contributed by atoms with Crippen LogP contribution in [0.5, 0.6) is 0 Å². The van der Waals surface area contributed by atoms with Gasteiger partial charge in [0.1, 0.15) is 12.1 Å². The molecule has 1 amide bonds. The van der Waals surface area contributed by atoms with E-state index in [1.165, 1.54) is 6.33 Å². The van der Waals surface area contributed by atoms with Gasteiger partial charge in [0, 0.05) is 20.2 Å². The van der Waals surface area contributed by atoms with Crippen LogP contribution in [0.3, 0.4) is 0 Å². The van der Waals surface area contributed by atoms with Gasteiger partial charge in [-0.1, -0.05) is 0 Å². The maximum absolute atomic E-state index is 11.5. The molecular weight excluding hydrogens is 316 g/mol. The van der Waals surface area contributed by atoms with E-state index >= 15 is 0 Å². The van der Waals surface area contributed by atoms with Gasteiger partial charge in [-0.05, 0) is 6.92 Å². The third-order valence-corrected chi connectivity index (χ3v) is 3.10. The van der Waals surface area contributed by atoms with Gasteiger partial charge in [0.25, 0.3) is 0 Å². The number of hydrogen-bond acceptors (Lipinski definition) is 8. The van der Waals surface area contributed by atoms with Crippen molar-refractivity contribution in [3.05, 3.63) is 12.5 Å². The van der Waals surface area contributed by atoms with Crippen molar-refractivity contribution >= 4 is 28.7 Å². The van der Waals surface area contributed by atoms with E-state index in [0.717, 1.165) is 5.39 Å². The number of nitrogens with one attached hydrogen (secondary N) is 2. The maximum Gasteiger partial charge on any atom is 0.396 e. The third-order valence-electron chi connectivity index (χ3n) is 3.10. The summed E-state index contributed by atoms with van der Waals surface area (Å²) < 4.78 is 11.2. The fraction of sp³-hybridized carbons (Fsp3) is 0.500. The quantitative estimate of drug-likeness (QED) is 0.378. The first-order valence-electron chi connectivity index (χ1n) is 7.51. The second-order valence-electron chi connectivity index (χ2n) is 4.72. The van der Waals surface area contributed by atoms with Gasteiger partial charge in [-0.25, -0.2) is 19.4 Å². The van der Waals surface area contributed by atoms with E-state index in [2.05, 4.69) is 30.4 Å². The number of nitrogens with zero attached hydrogens (tertiary/aromatic N) is 4. The van der Waals surface area contributed by atoms with Gasteiger partial charge in [-0.2, -0.15) is 5.10 Å². The molecule has 2 heterocycles. The Kier molecular flexibility index (Phi) is 6.43. The predicted octanol–water partition coefficient (Wildman–Crippen LogP) is -0.436. The fourth-order valence-corrected chi connectivity index (χ4v) is 2.01. The van der Waals surface area contributed by atoms with Crippen LogP contribution in [0.2, 0.25) is 0 Å². The van der Waals surface area contributed by atoms with Gasteiger partial charge in [-0.3, -0.25) is 4.79 Å². The second kappa shape index (κ2) is 8.77. The molecule has 0 unspecified atom stereocenters. The summed E-state index contributed by atoms with van der Waals surface area (Å²) in [6.45, 7) is 3.56. The standard InChI is InChI=1S/C14H20N6O4/c1-3-24-14(22)13(21)16-4-6-20-12-10(8-19-20)11(17-9-18-12)15-5-7-23-2/h8-9H,3-7H2,1-2H3,(H,16,21)(H,15,17,18). The van der Waals surface area contributed by atoms with E-state index in [1.54, 1.807) is 24.9 Å². The molecule has 0 aliphatic rings. The zero-order chi connectivity index (χ0) is 17.4. The molecule has 2 rings (SSSR count). The average Bonchev–Trinajstić information content (AvgIpc) is 2.99. The van der Waals surface area contributed by atoms with Crippen LogP contribution in [0.1, 0.15) is 6.92 Å². The maximum atomic E-state index is 11.5.